The van der Waals surface area contributed by atoms with E-state index < -0.39 is 0 Å². The van der Waals surface area contributed by atoms with Crippen molar-refractivity contribution in [2.24, 2.45) is 0 Å². The van der Waals surface area contributed by atoms with Crippen LogP contribution in [0.15, 0.2) is 60.5 Å². The summed E-state index contributed by atoms with van der Waals surface area (Å²) in [6.45, 7) is 4.49. The number of unbranched alkanes of at least 4 members (excludes halogenated alkanes) is 1. The molecular formula is C25H25N7OS. The zero-order valence-electron chi connectivity index (χ0n) is 19.1. The third-order valence-corrected chi connectivity index (χ3v) is 6.58. The van der Waals surface area contributed by atoms with E-state index in [1.165, 1.54) is 0 Å². The molecule has 172 valence electrons. The molecule has 0 atom stereocenters. The van der Waals surface area contributed by atoms with Gasteiger partial charge in [0.2, 0.25) is 0 Å². The van der Waals surface area contributed by atoms with E-state index in [1.54, 1.807) is 28.4 Å². The summed E-state index contributed by atoms with van der Waals surface area (Å²) in [4.78, 5) is 28.0. The number of aryl methyl sites for hydroxylation is 1. The number of nitrogens with zero attached hydrogens (tertiary/aromatic N) is 6. The molecule has 0 spiro atoms. The number of thiophene rings is 1. The highest BCUT2D eigenvalue weighted by atomic mass is 32.1. The molecule has 34 heavy (non-hydrogen) atoms. The summed E-state index contributed by atoms with van der Waals surface area (Å²) in [5.41, 5.74) is 5.01. The molecule has 0 aliphatic rings. The highest BCUT2D eigenvalue weighted by Crippen LogP contribution is 2.26. The molecule has 5 aromatic heterocycles. The lowest BCUT2D eigenvalue weighted by atomic mass is 10.1. The van der Waals surface area contributed by atoms with Crippen molar-refractivity contribution in [2.75, 3.05) is 0 Å². The molecule has 1 amide bonds. The lowest BCUT2D eigenvalue weighted by Gasteiger charge is -2.10. The van der Waals surface area contributed by atoms with Crippen molar-refractivity contribution in [1.82, 2.24) is 34.4 Å². The van der Waals surface area contributed by atoms with Gasteiger partial charge in [-0.05, 0) is 48.9 Å². The Labute approximate surface area is 201 Å². The number of carbonyl (C=O) groups excluding carboxylic acids is 1. The first kappa shape index (κ1) is 22.0. The molecule has 0 aliphatic carbocycles. The first-order valence-electron chi connectivity index (χ1n) is 11.3. The Kier molecular flexibility index (Phi) is 6.18. The predicted octanol–water partition coefficient (Wildman–Crippen LogP) is 4.62. The van der Waals surface area contributed by atoms with Crippen LogP contribution >= 0.6 is 11.3 Å². The molecule has 0 aromatic carbocycles. The van der Waals surface area contributed by atoms with E-state index in [2.05, 4.69) is 27.3 Å². The maximum absolute atomic E-state index is 13.2. The quantitative estimate of drug-likeness (QED) is 0.357. The van der Waals surface area contributed by atoms with E-state index in [4.69, 9.17) is 4.98 Å². The summed E-state index contributed by atoms with van der Waals surface area (Å²) < 4.78 is 3.67. The molecule has 9 heteroatoms. The van der Waals surface area contributed by atoms with Crippen LogP contribution in [0.25, 0.3) is 22.2 Å². The largest absolute Gasteiger partial charge is 0.346 e. The first-order valence-corrected chi connectivity index (χ1v) is 12.2. The molecule has 0 saturated heterocycles. The number of rotatable bonds is 8. The highest BCUT2D eigenvalue weighted by Gasteiger charge is 2.20. The molecule has 5 aromatic rings. The Morgan fingerprint density at radius 2 is 2.03 bits per heavy atom. The molecular weight excluding hydrogens is 446 g/mol. The van der Waals surface area contributed by atoms with E-state index in [0.717, 1.165) is 46.0 Å². The van der Waals surface area contributed by atoms with Gasteiger partial charge in [-0.25, -0.2) is 19.6 Å². The van der Waals surface area contributed by atoms with Crippen LogP contribution < -0.4 is 5.32 Å². The van der Waals surface area contributed by atoms with E-state index >= 15 is 0 Å². The molecule has 5 heterocycles. The van der Waals surface area contributed by atoms with Gasteiger partial charge in [0.05, 0.1) is 46.5 Å². The monoisotopic (exact) mass is 471 g/mol. The highest BCUT2D eigenvalue weighted by molar-refractivity contribution is 7.13. The Bertz CT molecular complexity index is 1440. The molecule has 1 N–H and O–H groups in total. The van der Waals surface area contributed by atoms with Gasteiger partial charge in [-0.15, -0.1) is 11.3 Å². The van der Waals surface area contributed by atoms with Gasteiger partial charge < -0.3 is 9.72 Å². The van der Waals surface area contributed by atoms with Crippen molar-refractivity contribution in [3.8, 4) is 16.5 Å². The zero-order chi connectivity index (χ0) is 23.5. The fourth-order valence-corrected chi connectivity index (χ4v) is 4.68. The van der Waals surface area contributed by atoms with Crippen LogP contribution in [0.2, 0.25) is 0 Å². The van der Waals surface area contributed by atoms with Crippen molar-refractivity contribution in [3.05, 3.63) is 83.0 Å². The summed E-state index contributed by atoms with van der Waals surface area (Å²) in [6.07, 6.45) is 9.79. The maximum atomic E-state index is 13.2. The zero-order valence-corrected chi connectivity index (χ0v) is 19.9. The Morgan fingerprint density at radius 1 is 1.12 bits per heavy atom. The number of pyridine rings is 1. The van der Waals surface area contributed by atoms with Crippen molar-refractivity contribution < 1.29 is 4.79 Å². The molecule has 0 bridgehead atoms. The van der Waals surface area contributed by atoms with Gasteiger partial charge in [0.25, 0.3) is 11.9 Å². The maximum Gasteiger partial charge on any atom is 0.255 e. The number of nitrogens with one attached hydrogen (secondary N) is 1. The van der Waals surface area contributed by atoms with Gasteiger partial charge in [0, 0.05) is 12.4 Å². The fourth-order valence-electron chi connectivity index (χ4n) is 3.90. The third-order valence-electron chi connectivity index (χ3n) is 5.71. The summed E-state index contributed by atoms with van der Waals surface area (Å²) in [5.74, 6) is 0.301. The number of amides is 1. The normalized spacial score (nSPS) is 11.2. The van der Waals surface area contributed by atoms with Crippen LogP contribution in [0.5, 0.6) is 0 Å². The van der Waals surface area contributed by atoms with E-state index in [0.29, 0.717) is 24.5 Å². The number of imidazole rings is 1. The topological polar surface area (TPSA) is 90.0 Å². The average molecular weight is 472 g/mol. The van der Waals surface area contributed by atoms with Crippen molar-refractivity contribution in [3.63, 3.8) is 0 Å². The minimum Gasteiger partial charge on any atom is -0.346 e. The molecule has 0 saturated carbocycles. The number of hydrogen-bond donors (Lipinski definition) is 1. The van der Waals surface area contributed by atoms with Crippen LogP contribution in [0.4, 0.5) is 0 Å². The van der Waals surface area contributed by atoms with Crippen LogP contribution in [0, 0.1) is 6.92 Å². The van der Waals surface area contributed by atoms with Gasteiger partial charge >= 0.3 is 0 Å². The SMILES string of the molecule is CCCCc1c(C(=O)NCc2cnc3ccccn23)cnn1-c1ncc(C)c(-c2cccs2)n1. The summed E-state index contributed by atoms with van der Waals surface area (Å²) in [5, 5.41) is 9.58. The summed E-state index contributed by atoms with van der Waals surface area (Å²) in [7, 11) is 0. The van der Waals surface area contributed by atoms with E-state index in [1.807, 2.05) is 59.4 Å². The molecule has 5 rings (SSSR count). The standard InChI is InChI=1S/C25H25N7OS/c1-3-4-8-20-19(24(33)27-15-18-14-26-22-10-5-6-11-31(18)22)16-29-32(20)25-28-13-17(2)23(30-25)21-9-7-12-34-21/h5-7,9-14,16H,3-4,8,15H2,1-2H3,(H,27,33). The summed E-state index contributed by atoms with van der Waals surface area (Å²) in [6, 6.07) is 9.87. The lowest BCUT2D eigenvalue weighted by Crippen LogP contribution is -2.24. The van der Waals surface area contributed by atoms with Gasteiger partial charge in [-0.3, -0.25) is 4.79 Å². The Hall–Kier alpha value is -3.85. The van der Waals surface area contributed by atoms with Gasteiger partial charge in [-0.2, -0.15) is 5.10 Å². The summed E-state index contributed by atoms with van der Waals surface area (Å²) >= 11 is 1.64. The molecule has 8 nitrogen and oxygen atoms in total. The third kappa shape index (κ3) is 4.22. The smallest absolute Gasteiger partial charge is 0.255 e. The molecule has 0 unspecified atom stereocenters. The van der Waals surface area contributed by atoms with Crippen LogP contribution in [-0.2, 0) is 13.0 Å². The fraction of sp³-hybridized carbons (Fsp3) is 0.240. The molecule has 0 radical (unpaired) electrons. The van der Waals surface area contributed by atoms with Crippen molar-refractivity contribution in [2.45, 2.75) is 39.7 Å². The van der Waals surface area contributed by atoms with Gasteiger partial charge in [0.15, 0.2) is 0 Å². The van der Waals surface area contributed by atoms with Gasteiger partial charge in [0.1, 0.15) is 5.65 Å². The van der Waals surface area contributed by atoms with E-state index in [9.17, 15) is 4.79 Å². The Morgan fingerprint density at radius 3 is 2.85 bits per heavy atom. The minimum absolute atomic E-state index is 0.172. The predicted molar refractivity (Wildman–Crippen MR) is 132 cm³/mol. The lowest BCUT2D eigenvalue weighted by molar-refractivity contribution is 0.0949. The number of fused-ring (bicyclic) bond motifs is 1. The minimum atomic E-state index is -0.172. The van der Waals surface area contributed by atoms with Crippen LogP contribution in [0.3, 0.4) is 0 Å². The second kappa shape index (κ2) is 9.56. The van der Waals surface area contributed by atoms with Crippen LogP contribution in [-0.4, -0.2) is 35.0 Å². The second-order valence-electron chi connectivity index (χ2n) is 8.06. The second-order valence-corrected chi connectivity index (χ2v) is 9.01. The van der Waals surface area contributed by atoms with E-state index in [-0.39, 0.29) is 5.91 Å². The first-order chi connectivity index (χ1) is 16.7. The van der Waals surface area contributed by atoms with Gasteiger partial charge in [-0.1, -0.05) is 25.5 Å². The number of hydrogen-bond acceptors (Lipinski definition) is 6. The Balaban J connectivity index is 1.44. The van der Waals surface area contributed by atoms with Crippen LogP contribution in [0.1, 0.15) is 47.1 Å². The van der Waals surface area contributed by atoms with Crippen molar-refractivity contribution >= 4 is 22.9 Å². The van der Waals surface area contributed by atoms with Crippen molar-refractivity contribution in [1.29, 1.82) is 0 Å². The number of carbonyl (C=O) groups is 1. The average Bonchev–Trinajstić information content (AvgIpc) is 3.61. The number of aromatic nitrogens is 6. The molecule has 0 fully saturated rings. The molecule has 0 aliphatic heterocycles.